The van der Waals surface area contributed by atoms with Gasteiger partial charge >= 0.3 is 0 Å². The van der Waals surface area contributed by atoms with Crippen molar-refractivity contribution in [3.05, 3.63) is 0 Å². The van der Waals surface area contributed by atoms with Crippen LogP contribution in [0, 0.1) is 23.2 Å². The lowest BCUT2D eigenvalue weighted by Crippen LogP contribution is -2.64. The van der Waals surface area contributed by atoms with E-state index in [2.05, 4.69) is 56.6 Å². The Labute approximate surface area is 197 Å². The second-order valence-corrected chi connectivity index (χ2v) is 12.5. The molecule has 5 heteroatoms. The van der Waals surface area contributed by atoms with E-state index in [9.17, 15) is 4.79 Å². The molecule has 3 aliphatic carbocycles. The Balaban J connectivity index is 1.41. The zero-order valence-corrected chi connectivity index (χ0v) is 22.0. The maximum atomic E-state index is 13.0. The monoisotopic (exact) mass is 447 g/mol. The summed E-state index contributed by atoms with van der Waals surface area (Å²) in [4.78, 5) is 19.9. The van der Waals surface area contributed by atoms with Crippen LogP contribution < -0.4 is 0 Å². The van der Waals surface area contributed by atoms with Gasteiger partial charge in [-0.1, -0.05) is 6.92 Å². The summed E-state index contributed by atoms with van der Waals surface area (Å²) in [5.74, 6) is 2.16. The van der Waals surface area contributed by atoms with Crippen LogP contribution in [0.3, 0.4) is 0 Å². The first-order valence-electron chi connectivity index (χ1n) is 13.3. The third kappa shape index (κ3) is 3.94. The Morgan fingerprint density at radius 3 is 2.34 bits per heavy atom. The first-order valence-corrected chi connectivity index (χ1v) is 13.3. The molecule has 0 aromatic rings. The third-order valence-electron chi connectivity index (χ3n) is 10.2. The summed E-state index contributed by atoms with van der Waals surface area (Å²) in [6.45, 7) is 13.3. The van der Waals surface area contributed by atoms with Gasteiger partial charge in [0.25, 0.3) is 0 Å². The number of carbonyl (C=O) groups is 1. The van der Waals surface area contributed by atoms with Crippen molar-refractivity contribution in [1.29, 1.82) is 0 Å². The molecule has 4 aliphatic rings. The largest absolute Gasteiger partial charge is 0.366 e. The van der Waals surface area contributed by atoms with Gasteiger partial charge in [-0.3, -0.25) is 4.79 Å². The molecule has 3 bridgehead atoms. The molecule has 0 aromatic carbocycles. The molecule has 1 heterocycles. The molecule has 0 unspecified atom stereocenters. The van der Waals surface area contributed by atoms with Crippen LogP contribution in [0.1, 0.15) is 79.1 Å². The quantitative estimate of drug-likeness (QED) is 0.469. The first kappa shape index (κ1) is 24.5. The van der Waals surface area contributed by atoms with Gasteiger partial charge in [0.1, 0.15) is 0 Å². The topological polar surface area (TPSA) is 36.0 Å². The smallest absolute Gasteiger partial charge is 0.219 e. The van der Waals surface area contributed by atoms with Crippen LogP contribution in [0.15, 0.2) is 0 Å². The highest BCUT2D eigenvalue weighted by atomic mass is 16.5. The molecule has 32 heavy (non-hydrogen) atoms. The summed E-state index contributed by atoms with van der Waals surface area (Å²) in [6.07, 6.45) is 9.83. The maximum absolute atomic E-state index is 13.0. The van der Waals surface area contributed by atoms with E-state index in [1.807, 2.05) is 0 Å². The first-order chi connectivity index (χ1) is 15.0. The fourth-order valence-corrected chi connectivity index (χ4v) is 8.61. The highest BCUT2D eigenvalue weighted by Gasteiger charge is 2.75. The van der Waals surface area contributed by atoms with E-state index < -0.39 is 0 Å². The highest BCUT2D eigenvalue weighted by molar-refractivity contribution is 5.74. The molecule has 0 aromatic heterocycles. The number of rotatable bonds is 10. The van der Waals surface area contributed by atoms with Crippen molar-refractivity contribution in [3.8, 4) is 0 Å². The van der Waals surface area contributed by atoms with Crippen LogP contribution in [0.25, 0.3) is 0 Å². The van der Waals surface area contributed by atoms with Crippen molar-refractivity contribution < 1.29 is 9.53 Å². The van der Waals surface area contributed by atoms with Crippen LogP contribution in [0.4, 0.5) is 0 Å². The molecule has 7 atom stereocenters. The van der Waals surface area contributed by atoms with Gasteiger partial charge in [0.15, 0.2) is 0 Å². The van der Waals surface area contributed by atoms with E-state index >= 15 is 0 Å². The summed E-state index contributed by atoms with van der Waals surface area (Å²) in [5, 5.41) is 0. The van der Waals surface area contributed by atoms with Gasteiger partial charge < -0.3 is 19.4 Å². The molecule has 184 valence electrons. The molecule has 0 N–H and O–H groups in total. The minimum Gasteiger partial charge on any atom is -0.366 e. The molecule has 3 saturated carbocycles. The molecule has 1 spiro atoms. The van der Waals surface area contributed by atoms with E-state index in [1.165, 1.54) is 38.5 Å². The number of carbonyl (C=O) groups excluding carboxylic acids is 1. The van der Waals surface area contributed by atoms with Crippen LogP contribution in [0.2, 0.25) is 0 Å². The Bertz CT molecular complexity index is 698. The van der Waals surface area contributed by atoms with Gasteiger partial charge in [-0.15, -0.1) is 0 Å². The Kier molecular flexibility index (Phi) is 6.77. The van der Waals surface area contributed by atoms with E-state index in [0.29, 0.717) is 17.3 Å². The Hall–Kier alpha value is -0.650. The van der Waals surface area contributed by atoms with Crippen LogP contribution in [-0.2, 0) is 9.53 Å². The second kappa shape index (κ2) is 8.85. The van der Waals surface area contributed by atoms with Crippen molar-refractivity contribution in [2.24, 2.45) is 23.2 Å². The second-order valence-electron chi connectivity index (χ2n) is 12.5. The summed E-state index contributed by atoms with van der Waals surface area (Å²) < 4.78 is 7.05. The zero-order valence-electron chi connectivity index (χ0n) is 22.0. The lowest BCUT2D eigenvalue weighted by atomic mass is 9.49. The normalized spacial score (nSPS) is 42.2. The molecule has 1 aliphatic heterocycles. The number of nitrogens with zero attached hydrogens (tertiary/aromatic N) is 3. The van der Waals surface area contributed by atoms with Crippen molar-refractivity contribution in [3.63, 3.8) is 0 Å². The molecule has 0 radical (unpaired) electrons. The average Bonchev–Trinajstić information content (AvgIpc) is 3.08. The van der Waals surface area contributed by atoms with Gasteiger partial charge in [0, 0.05) is 19.4 Å². The third-order valence-corrected chi connectivity index (χ3v) is 10.2. The minimum atomic E-state index is -0.173. The SMILES string of the molecule is CC(=O)N(CCCCN(C)CCCN(C)C)[C@H]1[C@@H]2C[C@]34CC[C@@]2(C)O[C@]1(C)[C@@H]3CC[C@H]4C. The summed E-state index contributed by atoms with van der Waals surface area (Å²) in [7, 11) is 6.51. The highest BCUT2D eigenvalue weighted by Crippen LogP contribution is 2.73. The zero-order chi connectivity index (χ0) is 23.3. The summed E-state index contributed by atoms with van der Waals surface area (Å²) in [5.41, 5.74) is 0.242. The van der Waals surface area contributed by atoms with Crippen molar-refractivity contribution in [2.45, 2.75) is 96.3 Å². The standard InChI is InChI=1S/C27H49N3O2/c1-20-11-12-23-26(4)24(22-19-27(20,23)14-13-25(22,3)32-26)30(21(2)31)18-9-8-16-29(7)17-10-15-28(5)6/h20,22-24H,8-19H2,1-7H3/t20-,22+,23+,24+,25-,26-,27+/m1/s1. The Morgan fingerprint density at radius 1 is 0.969 bits per heavy atom. The molecule has 5 nitrogen and oxygen atoms in total. The number of unbranched alkanes of at least 4 members (excludes halogenated alkanes) is 1. The van der Waals surface area contributed by atoms with Crippen LogP contribution >= 0.6 is 0 Å². The molecule has 4 fully saturated rings. The summed E-state index contributed by atoms with van der Waals surface area (Å²) in [6, 6.07) is 0.256. The molecular weight excluding hydrogens is 398 g/mol. The lowest BCUT2D eigenvalue weighted by Gasteiger charge is -2.57. The van der Waals surface area contributed by atoms with Crippen LogP contribution in [0.5, 0.6) is 0 Å². The fourth-order valence-electron chi connectivity index (χ4n) is 8.61. The molecule has 4 rings (SSSR count). The summed E-state index contributed by atoms with van der Waals surface area (Å²) >= 11 is 0. The number of ether oxygens (including phenoxy) is 1. The van der Waals surface area contributed by atoms with Crippen molar-refractivity contribution in [1.82, 2.24) is 14.7 Å². The van der Waals surface area contributed by atoms with Crippen molar-refractivity contribution in [2.75, 3.05) is 47.3 Å². The van der Waals surface area contributed by atoms with E-state index in [0.717, 1.165) is 44.9 Å². The predicted molar refractivity (Wildman–Crippen MR) is 131 cm³/mol. The van der Waals surface area contributed by atoms with Gasteiger partial charge in [-0.2, -0.15) is 0 Å². The van der Waals surface area contributed by atoms with Gasteiger partial charge in [0.2, 0.25) is 5.91 Å². The average molecular weight is 448 g/mol. The number of hydrogen-bond acceptors (Lipinski definition) is 4. The molecule has 1 saturated heterocycles. The lowest BCUT2D eigenvalue weighted by molar-refractivity contribution is -0.152. The van der Waals surface area contributed by atoms with E-state index in [4.69, 9.17) is 4.74 Å². The molecule has 1 amide bonds. The number of amides is 1. The fraction of sp³-hybridized carbons (Fsp3) is 0.963. The van der Waals surface area contributed by atoms with Crippen LogP contribution in [-0.4, -0.2) is 85.2 Å². The number of fused-ring (bicyclic) bond motifs is 2. The van der Waals surface area contributed by atoms with Gasteiger partial charge in [-0.05, 0) is 123 Å². The predicted octanol–water partition coefficient (Wildman–Crippen LogP) is 4.26. The van der Waals surface area contributed by atoms with E-state index in [-0.39, 0.29) is 23.2 Å². The minimum absolute atomic E-state index is 0.0465. The van der Waals surface area contributed by atoms with Crippen molar-refractivity contribution >= 4 is 5.91 Å². The molecular formula is C27H49N3O2. The van der Waals surface area contributed by atoms with Gasteiger partial charge in [-0.25, -0.2) is 0 Å². The van der Waals surface area contributed by atoms with Gasteiger partial charge in [0.05, 0.1) is 17.2 Å². The maximum Gasteiger partial charge on any atom is 0.219 e. The van der Waals surface area contributed by atoms with E-state index in [1.54, 1.807) is 6.92 Å². The number of hydrogen-bond donors (Lipinski definition) is 0. The Morgan fingerprint density at radius 2 is 1.66 bits per heavy atom.